The van der Waals surface area contributed by atoms with Gasteiger partial charge in [0.15, 0.2) is 0 Å². The lowest BCUT2D eigenvalue weighted by Crippen LogP contribution is -2.43. The van der Waals surface area contributed by atoms with Crippen LogP contribution in [0.4, 0.5) is 11.6 Å². The van der Waals surface area contributed by atoms with Crippen LogP contribution < -0.4 is 16.0 Å². The molecular formula is C25H27N7O2S. The van der Waals surface area contributed by atoms with E-state index in [1.54, 1.807) is 18.5 Å². The van der Waals surface area contributed by atoms with Crippen molar-refractivity contribution in [3.63, 3.8) is 0 Å². The molecule has 1 saturated heterocycles. The number of nitrogens with zero attached hydrogens (tertiary/aromatic N) is 5. The van der Waals surface area contributed by atoms with E-state index in [0.29, 0.717) is 5.56 Å². The zero-order chi connectivity index (χ0) is 24.6. The van der Waals surface area contributed by atoms with Crippen LogP contribution in [0, 0.1) is 0 Å². The second-order valence-corrected chi connectivity index (χ2v) is 10.7. The largest absolute Gasteiger partial charge is 0.383 e. The van der Waals surface area contributed by atoms with E-state index < -0.39 is 10.0 Å². The van der Waals surface area contributed by atoms with Gasteiger partial charge in [0, 0.05) is 75.4 Å². The average molecular weight is 490 g/mol. The van der Waals surface area contributed by atoms with Crippen molar-refractivity contribution in [3.05, 3.63) is 61.1 Å². The minimum atomic E-state index is -3.73. The normalized spacial score (nSPS) is 14.5. The number of nitrogens with two attached hydrogens (primary N) is 1. The molecule has 0 atom stereocenters. The smallest absolute Gasteiger partial charge is 0.246 e. The molecule has 0 unspecified atom stereocenters. The van der Waals surface area contributed by atoms with Crippen LogP contribution in [-0.4, -0.2) is 67.9 Å². The summed E-state index contributed by atoms with van der Waals surface area (Å²) in [6.07, 6.45) is 5.27. The van der Waals surface area contributed by atoms with Crippen molar-refractivity contribution in [2.45, 2.75) is 4.90 Å². The zero-order valence-corrected chi connectivity index (χ0v) is 20.5. The molecule has 5 rings (SSSR count). The molecule has 3 aromatic heterocycles. The Balaban J connectivity index is 1.55. The third-order valence-electron chi connectivity index (χ3n) is 6.22. The fourth-order valence-electron chi connectivity index (χ4n) is 4.22. The van der Waals surface area contributed by atoms with Crippen molar-refractivity contribution in [2.24, 2.45) is 0 Å². The summed E-state index contributed by atoms with van der Waals surface area (Å²) in [5.74, 6) is 0.943. The Hall–Kier alpha value is -3.60. The molecule has 1 aromatic carbocycles. The van der Waals surface area contributed by atoms with Crippen LogP contribution >= 0.6 is 0 Å². The summed E-state index contributed by atoms with van der Waals surface area (Å²) >= 11 is 0. The predicted octanol–water partition coefficient (Wildman–Crippen LogP) is 2.60. The molecule has 0 radical (unpaired) electrons. The van der Waals surface area contributed by atoms with Crippen molar-refractivity contribution < 1.29 is 8.42 Å². The van der Waals surface area contributed by atoms with E-state index in [-0.39, 0.29) is 10.7 Å². The number of rotatable bonds is 5. The van der Waals surface area contributed by atoms with Crippen LogP contribution in [-0.2, 0) is 10.0 Å². The first-order valence-electron chi connectivity index (χ1n) is 11.3. The number of nitrogen functional groups attached to an aromatic ring is 1. The maximum absolute atomic E-state index is 12.7. The van der Waals surface area contributed by atoms with Gasteiger partial charge in [-0.3, -0.25) is 4.98 Å². The molecule has 10 heteroatoms. The Kier molecular flexibility index (Phi) is 6.10. The van der Waals surface area contributed by atoms with Crippen LogP contribution in [0.15, 0.2) is 66.0 Å². The minimum Gasteiger partial charge on any atom is -0.383 e. The summed E-state index contributed by atoms with van der Waals surface area (Å²) < 4.78 is 26.6. The summed E-state index contributed by atoms with van der Waals surface area (Å²) in [5, 5.41) is 4.30. The average Bonchev–Trinajstić information content (AvgIpc) is 2.89. The monoisotopic (exact) mass is 489 g/mol. The number of piperazine rings is 1. The number of anilines is 2. The van der Waals surface area contributed by atoms with Gasteiger partial charge in [0.05, 0.1) is 5.52 Å². The van der Waals surface area contributed by atoms with Gasteiger partial charge in [-0.1, -0.05) is 6.07 Å². The molecule has 4 aromatic rings. The second kappa shape index (κ2) is 9.21. The number of hydrogen-bond donors (Lipinski definition) is 2. The standard InChI is InChI=1S/C25H27N7O2S/c1-31(2)35(33,34)23-14-19(16-30-25(23)26)17-3-5-22-21(13-17)20(7-8-28-22)18-4-6-24(29-15-18)32-11-9-27-10-12-32/h3-8,13-16,27H,9-12H2,1-2H3,(H2,26,30). The molecule has 1 aliphatic heterocycles. The Labute approximate surface area is 204 Å². The molecule has 4 heterocycles. The van der Waals surface area contributed by atoms with Gasteiger partial charge in [-0.25, -0.2) is 22.7 Å². The Morgan fingerprint density at radius 2 is 1.66 bits per heavy atom. The number of fused-ring (bicyclic) bond motifs is 1. The van der Waals surface area contributed by atoms with E-state index in [1.165, 1.54) is 14.1 Å². The highest BCUT2D eigenvalue weighted by Gasteiger charge is 2.22. The molecule has 1 fully saturated rings. The first kappa shape index (κ1) is 23.2. The van der Waals surface area contributed by atoms with Crippen LogP contribution in [0.1, 0.15) is 0 Å². The molecule has 0 bridgehead atoms. The van der Waals surface area contributed by atoms with Gasteiger partial charge in [0.25, 0.3) is 0 Å². The molecule has 0 spiro atoms. The minimum absolute atomic E-state index is 0.0146. The summed E-state index contributed by atoms with van der Waals surface area (Å²) in [6, 6.07) is 13.5. The first-order chi connectivity index (χ1) is 16.8. The lowest BCUT2D eigenvalue weighted by atomic mass is 9.99. The van der Waals surface area contributed by atoms with Gasteiger partial charge < -0.3 is 16.0 Å². The number of aromatic nitrogens is 3. The van der Waals surface area contributed by atoms with E-state index in [1.807, 2.05) is 30.5 Å². The number of pyridine rings is 3. The van der Waals surface area contributed by atoms with Gasteiger partial charge >= 0.3 is 0 Å². The van der Waals surface area contributed by atoms with Crippen LogP contribution in [0.3, 0.4) is 0 Å². The maximum atomic E-state index is 12.7. The molecule has 0 aliphatic carbocycles. The van der Waals surface area contributed by atoms with Crippen LogP contribution in [0.5, 0.6) is 0 Å². The van der Waals surface area contributed by atoms with Crippen molar-refractivity contribution in [3.8, 4) is 22.3 Å². The molecule has 0 amide bonds. The number of benzene rings is 1. The molecule has 0 saturated carbocycles. The summed E-state index contributed by atoms with van der Waals surface area (Å²) in [6.45, 7) is 3.79. The molecule has 3 N–H and O–H groups in total. The lowest BCUT2D eigenvalue weighted by Gasteiger charge is -2.28. The second-order valence-electron chi connectivity index (χ2n) is 8.63. The highest BCUT2D eigenvalue weighted by atomic mass is 32.2. The van der Waals surface area contributed by atoms with Gasteiger partial charge in [-0.15, -0.1) is 0 Å². The molecule has 1 aliphatic rings. The van der Waals surface area contributed by atoms with Crippen LogP contribution in [0.25, 0.3) is 33.2 Å². The topological polar surface area (TPSA) is 117 Å². The van der Waals surface area contributed by atoms with Crippen molar-refractivity contribution in [2.75, 3.05) is 50.9 Å². The fraction of sp³-hybridized carbons (Fsp3) is 0.240. The van der Waals surface area contributed by atoms with Crippen molar-refractivity contribution in [1.82, 2.24) is 24.6 Å². The molecule has 9 nitrogen and oxygen atoms in total. The molecular weight excluding hydrogens is 462 g/mol. The van der Waals surface area contributed by atoms with Crippen LogP contribution in [0.2, 0.25) is 0 Å². The van der Waals surface area contributed by atoms with Crippen molar-refractivity contribution >= 4 is 32.6 Å². The number of nitrogens with one attached hydrogen (secondary N) is 1. The Bertz CT molecular complexity index is 1480. The summed E-state index contributed by atoms with van der Waals surface area (Å²) in [4.78, 5) is 15.6. The van der Waals surface area contributed by atoms with Crippen molar-refractivity contribution in [1.29, 1.82) is 0 Å². The summed E-state index contributed by atoms with van der Waals surface area (Å²) in [5.41, 5.74) is 10.2. The molecule has 35 heavy (non-hydrogen) atoms. The fourth-order valence-corrected chi connectivity index (χ4v) is 5.21. The molecule has 180 valence electrons. The SMILES string of the molecule is CN(C)S(=O)(=O)c1cc(-c2ccc3nccc(-c4ccc(N5CCNCC5)nc4)c3c2)cnc1N. The van der Waals surface area contributed by atoms with E-state index in [9.17, 15) is 8.42 Å². The van der Waals surface area contributed by atoms with Gasteiger partial charge in [-0.2, -0.15) is 0 Å². The van der Waals surface area contributed by atoms with E-state index >= 15 is 0 Å². The zero-order valence-electron chi connectivity index (χ0n) is 19.6. The maximum Gasteiger partial charge on any atom is 0.246 e. The highest BCUT2D eigenvalue weighted by Crippen LogP contribution is 2.33. The van der Waals surface area contributed by atoms with Gasteiger partial charge in [0.2, 0.25) is 10.0 Å². The lowest BCUT2D eigenvalue weighted by molar-refractivity contribution is 0.521. The van der Waals surface area contributed by atoms with E-state index in [4.69, 9.17) is 10.7 Å². The number of sulfonamides is 1. The highest BCUT2D eigenvalue weighted by molar-refractivity contribution is 7.89. The third-order valence-corrected chi connectivity index (χ3v) is 8.06. The first-order valence-corrected chi connectivity index (χ1v) is 12.8. The Morgan fingerprint density at radius 3 is 2.37 bits per heavy atom. The van der Waals surface area contributed by atoms with Gasteiger partial charge in [0.1, 0.15) is 16.5 Å². The number of hydrogen-bond acceptors (Lipinski definition) is 8. The van der Waals surface area contributed by atoms with E-state index in [0.717, 1.165) is 63.9 Å². The summed E-state index contributed by atoms with van der Waals surface area (Å²) in [7, 11) is -0.790. The Morgan fingerprint density at radius 1 is 0.914 bits per heavy atom. The van der Waals surface area contributed by atoms with E-state index in [2.05, 4.69) is 32.3 Å². The van der Waals surface area contributed by atoms with Gasteiger partial charge in [-0.05, 0) is 47.5 Å². The third kappa shape index (κ3) is 4.43. The predicted molar refractivity (Wildman–Crippen MR) is 139 cm³/mol. The quantitative estimate of drug-likeness (QED) is 0.439.